The Morgan fingerprint density at radius 1 is 0.943 bits per heavy atom. The monoisotopic (exact) mass is 539 g/mol. The van der Waals surface area contributed by atoms with Gasteiger partial charge in [0.1, 0.15) is 17.2 Å². The van der Waals surface area contributed by atoms with E-state index in [0.717, 1.165) is 0 Å². The maximum Gasteiger partial charge on any atom is 0.444 e. The minimum Gasteiger partial charge on any atom is -0.497 e. The fourth-order valence-electron chi connectivity index (χ4n) is 3.11. The fourth-order valence-corrected chi connectivity index (χ4v) is 5.49. The predicted molar refractivity (Wildman–Crippen MR) is 129 cm³/mol. The molecule has 0 spiro atoms. The first-order chi connectivity index (χ1) is 16.3. The standard InChI is InChI=1S/C23H30ClF3NO6P/c1-14(2)33-35(29,34-15(3)4)21(19-11-10-17(30-5)13-20(19)31-6)28-16-8-7-9-18(12-16)32-23(26,27)22(24)25/h7-15,21-22,28H,1-6H3. The van der Waals surface area contributed by atoms with Crippen LogP contribution in [0.25, 0.3) is 0 Å². The van der Waals surface area contributed by atoms with E-state index >= 15 is 0 Å². The Morgan fingerprint density at radius 2 is 1.57 bits per heavy atom. The van der Waals surface area contributed by atoms with Gasteiger partial charge in [-0.25, -0.2) is 4.39 Å². The minimum atomic E-state index is -4.25. The van der Waals surface area contributed by atoms with Crippen LogP contribution in [0.15, 0.2) is 42.5 Å². The van der Waals surface area contributed by atoms with Crippen molar-refractivity contribution in [1.29, 1.82) is 0 Å². The molecule has 0 fully saturated rings. The first kappa shape index (κ1) is 29.1. The average molecular weight is 540 g/mol. The molecular weight excluding hydrogens is 510 g/mol. The van der Waals surface area contributed by atoms with Crippen LogP contribution < -0.4 is 19.5 Å². The van der Waals surface area contributed by atoms with Crippen molar-refractivity contribution in [3.8, 4) is 17.2 Å². The number of halogens is 4. The molecule has 12 heteroatoms. The summed E-state index contributed by atoms with van der Waals surface area (Å²) >= 11 is 4.89. The number of hydrogen-bond donors (Lipinski definition) is 1. The van der Waals surface area contributed by atoms with E-state index in [-0.39, 0.29) is 11.4 Å². The lowest BCUT2D eigenvalue weighted by molar-refractivity contribution is -0.199. The Morgan fingerprint density at radius 3 is 2.09 bits per heavy atom. The number of benzene rings is 2. The summed E-state index contributed by atoms with van der Waals surface area (Å²) in [6.45, 7) is 6.81. The van der Waals surface area contributed by atoms with Crippen molar-refractivity contribution in [3.63, 3.8) is 0 Å². The SMILES string of the molecule is COc1ccc(C(Nc2cccc(OC(F)(F)C(F)Cl)c2)P(=O)(OC(C)C)OC(C)C)c(OC)c1. The minimum absolute atomic E-state index is 0.214. The Balaban J connectivity index is 2.59. The Labute approximate surface area is 208 Å². The van der Waals surface area contributed by atoms with Crippen LogP contribution in [0.5, 0.6) is 17.2 Å². The second-order valence-corrected chi connectivity index (χ2v) is 10.4. The Hall–Kier alpha value is -2.13. The van der Waals surface area contributed by atoms with Crippen LogP contribution in [0, 0.1) is 0 Å². The summed E-state index contributed by atoms with van der Waals surface area (Å²) in [4.78, 5) is 0. The van der Waals surface area contributed by atoms with Gasteiger partial charge >= 0.3 is 13.7 Å². The van der Waals surface area contributed by atoms with Crippen LogP contribution in [-0.2, 0) is 13.6 Å². The summed E-state index contributed by atoms with van der Waals surface area (Å²) in [6, 6.07) is 10.2. The van der Waals surface area contributed by atoms with Gasteiger partial charge < -0.3 is 28.6 Å². The van der Waals surface area contributed by atoms with Crippen LogP contribution >= 0.6 is 19.2 Å². The molecule has 35 heavy (non-hydrogen) atoms. The maximum absolute atomic E-state index is 14.2. The molecule has 0 aliphatic heterocycles. The first-order valence-corrected chi connectivity index (χ1v) is 12.8. The number of rotatable bonds is 13. The van der Waals surface area contributed by atoms with E-state index in [1.165, 1.54) is 38.5 Å². The van der Waals surface area contributed by atoms with Crippen molar-refractivity contribution in [1.82, 2.24) is 0 Å². The highest BCUT2D eigenvalue weighted by atomic mass is 35.5. The largest absolute Gasteiger partial charge is 0.497 e. The van der Waals surface area contributed by atoms with Crippen molar-refractivity contribution >= 4 is 24.9 Å². The second kappa shape index (κ2) is 12.2. The van der Waals surface area contributed by atoms with E-state index in [9.17, 15) is 17.7 Å². The Kier molecular flexibility index (Phi) is 10.2. The van der Waals surface area contributed by atoms with Gasteiger partial charge in [-0.15, -0.1) is 0 Å². The molecule has 196 valence electrons. The van der Waals surface area contributed by atoms with Gasteiger partial charge in [-0.05, 0) is 52.0 Å². The van der Waals surface area contributed by atoms with Gasteiger partial charge in [0.05, 0.1) is 26.4 Å². The quantitative estimate of drug-likeness (QED) is 0.210. The molecule has 1 N–H and O–H groups in total. The van der Waals surface area contributed by atoms with Gasteiger partial charge in [0, 0.05) is 23.4 Å². The maximum atomic E-state index is 14.2. The second-order valence-electron chi connectivity index (χ2n) is 8.00. The molecule has 0 heterocycles. The van der Waals surface area contributed by atoms with Crippen molar-refractivity contribution in [2.24, 2.45) is 0 Å². The molecule has 0 amide bonds. The third-order valence-electron chi connectivity index (χ3n) is 4.41. The van der Waals surface area contributed by atoms with Gasteiger partial charge in [0.2, 0.25) is 0 Å². The van der Waals surface area contributed by atoms with Crippen molar-refractivity contribution in [2.45, 2.75) is 57.4 Å². The Bertz CT molecular complexity index is 1010. The molecule has 2 unspecified atom stereocenters. The van der Waals surface area contributed by atoms with E-state index in [0.29, 0.717) is 17.1 Å². The highest BCUT2D eigenvalue weighted by molar-refractivity contribution is 7.54. The van der Waals surface area contributed by atoms with Gasteiger partial charge in [-0.2, -0.15) is 8.78 Å². The molecule has 2 aromatic rings. The summed E-state index contributed by atoms with van der Waals surface area (Å²) < 4.78 is 81.3. The van der Waals surface area contributed by atoms with Crippen LogP contribution in [0.1, 0.15) is 39.0 Å². The van der Waals surface area contributed by atoms with Crippen LogP contribution in [0.4, 0.5) is 18.9 Å². The summed E-state index contributed by atoms with van der Waals surface area (Å²) in [7, 11) is -1.04. The molecule has 0 saturated heterocycles. The third-order valence-corrected chi connectivity index (χ3v) is 7.14. The number of hydrogen-bond acceptors (Lipinski definition) is 7. The molecule has 2 aromatic carbocycles. The summed E-state index contributed by atoms with van der Waals surface area (Å²) in [5.41, 5.74) is -2.43. The number of ether oxygens (including phenoxy) is 3. The van der Waals surface area contributed by atoms with E-state index in [4.69, 9.17) is 30.1 Å². The molecule has 2 rings (SSSR count). The van der Waals surface area contributed by atoms with Crippen LogP contribution in [0.3, 0.4) is 0 Å². The molecule has 0 bridgehead atoms. The first-order valence-electron chi connectivity index (χ1n) is 10.7. The van der Waals surface area contributed by atoms with E-state index in [2.05, 4.69) is 10.1 Å². The smallest absolute Gasteiger partial charge is 0.444 e. The van der Waals surface area contributed by atoms with Crippen molar-refractivity contribution < 1.29 is 41.0 Å². The van der Waals surface area contributed by atoms with Crippen LogP contribution in [0.2, 0.25) is 0 Å². The third kappa shape index (κ3) is 7.93. The normalized spacial score (nSPS) is 14.1. The van der Waals surface area contributed by atoms with Gasteiger partial charge in [-0.3, -0.25) is 4.57 Å². The zero-order chi connectivity index (χ0) is 26.4. The zero-order valence-corrected chi connectivity index (χ0v) is 21.9. The molecule has 0 aliphatic carbocycles. The summed E-state index contributed by atoms with van der Waals surface area (Å²) in [6.07, 6.45) is -5.21. The number of nitrogens with one attached hydrogen (secondary N) is 1. The average Bonchev–Trinajstić information content (AvgIpc) is 2.75. The molecule has 7 nitrogen and oxygen atoms in total. The lowest BCUT2D eigenvalue weighted by Crippen LogP contribution is -2.32. The van der Waals surface area contributed by atoms with Gasteiger partial charge in [0.15, 0.2) is 5.78 Å². The van der Waals surface area contributed by atoms with Crippen molar-refractivity contribution in [2.75, 3.05) is 19.5 Å². The lowest BCUT2D eigenvalue weighted by atomic mass is 10.1. The summed E-state index contributed by atoms with van der Waals surface area (Å²) in [5.74, 6) is -0.685. The number of anilines is 1. The highest BCUT2D eigenvalue weighted by Gasteiger charge is 2.43. The van der Waals surface area contributed by atoms with Crippen LogP contribution in [-0.4, -0.2) is 38.2 Å². The summed E-state index contributed by atoms with van der Waals surface area (Å²) in [5, 5.41) is 3.03. The molecule has 0 saturated carbocycles. The number of methoxy groups -OCH3 is 2. The molecule has 0 aromatic heterocycles. The van der Waals surface area contributed by atoms with E-state index in [1.54, 1.807) is 45.9 Å². The highest BCUT2D eigenvalue weighted by Crippen LogP contribution is 2.63. The predicted octanol–water partition coefficient (Wildman–Crippen LogP) is 7.36. The fraction of sp³-hybridized carbons (Fsp3) is 0.478. The molecule has 2 atom stereocenters. The van der Waals surface area contributed by atoms with E-state index < -0.39 is 37.3 Å². The van der Waals surface area contributed by atoms with Gasteiger partial charge in [0.25, 0.3) is 5.63 Å². The topological polar surface area (TPSA) is 75.3 Å². The van der Waals surface area contributed by atoms with Gasteiger partial charge in [-0.1, -0.05) is 17.7 Å². The number of alkyl halides is 4. The molecule has 0 aliphatic rings. The molecule has 0 radical (unpaired) electrons. The zero-order valence-electron chi connectivity index (χ0n) is 20.3. The molecular formula is C23H30ClF3NO6P. The van der Waals surface area contributed by atoms with Crippen molar-refractivity contribution in [3.05, 3.63) is 48.0 Å². The van der Waals surface area contributed by atoms with E-state index in [1.807, 2.05) is 0 Å². The lowest BCUT2D eigenvalue weighted by Gasteiger charge is -2.32.